The molecule has 4 unspecified atom stereocenters. The maximum absolute atomic E-state index is 14.1. The van der Waals surface area contributed by atoms with E-state index in [1.165, 1.54) is 0 Å². The van der Waals surface area contributed by atoms with Crippen molar-refractivity contribution in [3.8, 4) is 5.75 Å². The first-order valence-electron chi connectivity index (χ1n) is 13.1. The number of methoxy groups -OCH3 is 1. The lowest BCUT2D eigenvalue weighted by Crippen LogP contribution is -2.57. The number of aromatic nitrogens is 2. The average molecular weight is 529 g/mol. The van der Waals surface area contributed by atoms with Crippen LogP contribution in [0.2, 0.25) is 0 Å². The van der Waals surface area contributed by atoms with Crippen LogP contribution in [0.3, 0.4) is 0 Å². The van der Waals surface area contributed by atoms with E-state index in [0.717, 1.165) is 53.5 Å². The number of para-hydroxylation sites is 1. The molecule has 3 saturated heterocycles. The van der Waals surface area contributed by atoms with Gasteiger partial charge in [0.25, 0.3) is 0 Å². The Balaban J connectivity index is 1.49. The standard InChI is InChI=1S/C30H32N4O3S/c1-4-20-18-34-15-13-22(20)16-27(34)30(24-12-14-31-26-11-10-23(37-3)17-25(24)26)33-38(35,36)28-7-5-6-21-9-8-19(2)32-29(21)28/h4-12,14,17,20,22,27,30,33H,1,13,15-16,18H2,2-3H3/t20?,22?,27?,30-/m0/s1. The van der Waals surface area contributed by atoms with Gasteiger partial charge in [-0.1, -0.05) is 24.3 Å². The molecule has 5 heterocycles. The van der Waals surface area contributed by atoms with E-state index in [9.17, 15) is 8.42 Å². The van der Waals surface area contributed by atoms with Gasteiger partial charge < -0.3 is 4.74 Å². The second-order valence-corrected chi connectivity index (χ2v) is 12.1. The number of nitrogens with zero attached hydrogens (tertiary/aromatic N) is 3. The molecule has 3 fully saturated rings. The van der Waals surface area contributed by atoms with Gasteiger partial charge in [0.1, 0.15) is 10.6 Å². The fourth-order valence-corrected chi connectivity index (χ4v) is 7.70. The van der Waals surface area contributed by atoms with Gasteiger partial charge in [0.15, 0.2) is 0 Å². The Kier molecular flexibility index (Phi) is 6.42. The lowest BCUT2D eigenvalue weighted by molar-refractivity contribution is 0.00490. The number of hydrogen-bond donors (Lipinski definition) is 1. The topological polar surface area (TPSA) is 84.4 Å². The van der Waals surface area contributed by atoms with Gasteiger partial charge in [-0.3, -0.25) is 14.9 Å². The zero-order valence-electron chi connectivity index (χ0n) is 21.7. The third-order valence-electron chi connectivity index (χ3n) is 8.25. The molecule has 0 saturated carbocycles. The summed E-state index contributed by atoms with van der Waals surface area (Å²) in [4.78, 5) is 11.8. The van der Waals surface area contributed by atoms with E-state index in [-0.39, 0.29) is 10.9 Å². The molecule has 3 aliphatic heterocycles. The quantitative estimate of drug-likeness (QED) is 0.339. The van der Waals surface area contributed by atoms with Crippen LogP contribution in [-0.4, -0.2) is 49.5 Å². The summed E-state index contributed by atoms with van der Waals surface area (Å²) in [6, 6.07) is 16.3. The summed E-state index contributed by atoms with van der Waals surface area (Å²) in [6.07, 6.45) is 5.81. The van der Waals surface area contributed by atoms with Crippen molar-refractivity contribution in [3.05, 3.63) is 84.7 Å². The second kappa shape index (κ2) is 9.76. The van der Waals surface area contributed by atoms with Crippen molar-refractivity contribution in [1.29, 1.82) is 0 Å². The Labute approximate surface area is 223 Å². The van der Waals surface area contributed by atoms with Crippen LogP contribution in [0.1, 0.15) is 30.1 Å². The number of rotatable bonds is 7. The van der Waals surface area contributed by atoms with E-state index in [1.54, 1.807) is 25.4 Å². The van der Waals surface area contributed by atoms with Crippen molar-refractivity contribution in [1.82, 2.24) is 19.6 Å². The van der Waals surface area contributed by atoms with Gasteiger partial charge in [0, 0.05) is 35.2 Å². The summed E-state index contributed by atoms with van der Waals surface area (Å²) in [5, 5.41) is 1.68. The Morgan fingerprint density at radius 2 is 2.05 bits per heavy atom. The molecule has 196 valence electrons. The molecule has 2 aromatic heterocycles. The Morgan fingerprint density at radius 1 is 1.18 bits per heavy atom. The highest BCUT2D eigenvalue weighted by Gasteiger charge is 2.44. The van der Waals surface area contributed by atoms with Crippen LogP contribution in [0, 0.1) is 18.8 Å². The van der Waals surface area contributed by atoms with E-state index in [1.807, 2.05) is 49.4 Å². The summed E-state index contributed by atoms with van der Waals surface area (Å²) < 4.78 is 37.0. The lowest BCUT2D eigenvalue weighted by Gasteiger charge is -2.51. The minimum absolute atomic E-state index is 0.00111. The molecule has 1 N–H and O–H groups in total. The number of sulfonamides is 1. The first kappa shape index (κ1) is 25.0. The molecule has 4 aromatic rings. The summed E-state index contributed by atoms with van der Waals surface area (Å²) in [5.74, 6) is 1.62. The summed E-state index contributed by atoms with van der Waals surface area (Å²) >= 11 is 0. The maximum Gasteiger partial charge on any atom is 0.243 e. The average Bonchev–Trinajstić information content (AvgIpc) is 2.95. The number of aryl methyl sites for hydroxylation is 1. The van der Waals surface area contributed by atoms with Crippen LogP contribution in [0.25, 0.3) is 21.8 Å². The fourth-order valence-electron chi connectivity index (χ4n) is 6.28. The Bertz CT molecular complexity index is 1640. The molecule has 0 amide bonds. The molecule has 2 aromatic carbocycles. The largest absolute Gasteiger partial charge is 0.497 e. The molecule has 8 heteroatoms. The van der Waals surface area contributed by atoms with Gasteiger partial charge in [0.2, 0.25) is 10.0 Å². The summed E-state index contributed by atoms with van der Waals surface area (Å²) in [7, 11) is -2.30. The van der Waals surface area contributed by atoms with Crippen molar-refractivity contribution in [2.24, 2.45) is 11.8 Å². The van der Waals surface area contributed by atoms with E-state index >= 15 is 0 Å². The molecule has 7 rings (SSSR count). The van der Waals surface area contributed by atoms with E-state index in [4.69, 9.17) is 4.74 Å². The highest BCUT2D eigenvalue weighted by atomic mass is 32.2. The number of piperidine rings is 3. The van der Waals surface area contributed by atoms with Crippen molar-refractivity contribution >= 4 is 31.8 Å². The highest BCUT2D eigenvalue weighted by molar-refractivity contribution is 7.89. The van der Waals surface area contributed by atoms with Gasteiger partial charge >= 0.3 is 0 Å². The zero-order valence-corrected chi connectivity index (χ0v) is 22.5. The third-order valence-corrected chi connectivity index (χ3v) is 9.72. The second-order valence-electron chi connectivity index (χ2n) is 10.4. The minimum Gasteiger partial charge on any atom is -0.497 e. The first-order chi connectivity index (χ1) is 18.4. The number of nitrogens with one attached hydrogen (secondary N) is 1. The third kappa shape index (κ3) is 4.36. The molecule has 0 aliphatic carbocycles. The highest BCUT2D eigenvalue weighted by Crippen LogP contribution is 2.43. The SMILES string of the molecule is C=CC1CN2CCC1CC2[C@@H](NS(=O)(=O)c1cccc2ccc(C)nc12)c1ccnc2ccc(OC)cc12. The van der Waals surface area contributed by atoms with E-state index in [2.05, 4.69) is 32.2 Å². The molecule has 7 nitrogen and oxygen atoms in total. The molecular weight excluding hydrogens is 496 g/mol. The Morgan fingerprint density at radius 3 is 2.82 bits per heavy atom. The number of fused-ring (bicyclic) bond motifs is 5. The van der Waals surface area contributed by atoms with E-state index in [0.29, 0.717) is 23.1 Å². The van der Waals surface area contributed by atoms with Crippen molar-refractivity contribution in [2.75, 3.05) is 20.2 Å². The van der Waals surface area contributed by atoms with Gasteiger partial charge in [-0.15, -0.1) is 6.58 Å². The number of hydrogen-bond acceptors (Lipinski definition) is 6. The normalized spacial score (nSPS) is 23.9. The predicted octanol–water partition coefficient (Wildman–Crippen LogP) is 5.02. The molecule has 2 bridgehead atoms. The maximum atomic E-state index is 14.1. The molecule has 5 atom stereocenters. The fraction of sp³-hybridized carbons (Fsp3) is 0.333. The van der Waals surface area contributed by atoms with Crippen LogP contribution >= 0.6 is 0 Å². The molecule has 38 heavy (non-hydrogen) atoms. The van der Waals surface area contributed by atoms with Crippen LogP contribution in [0.4, 0.5) is 0 Å². The zero-order chi connectivity index (χ0) is 26.4. The Hall–Kier alpha value is -3.33. The number of ether oxygens (including phenoxy) is 1. The number of pyridine rings is 2. The molecule has 0 spiro atoms. The summed E-state index contributed by atoms with van der Waals surface area (Å²) in [6.45, 7) is 7.76. The van der Waals surface area contributed by atoms with Gasteiger partial charge in [-0.2, -0.15) is 0 Å². The predicted molar refractivity (Wildman–Crippen MR) is 150 cm³/mol. The molecular formula is C30H32N4O3S. The lowest BCUT2D eigenvalue weighted by atomic mass is 9.73. The smallest absolute Gasteiger partial charge is 0.243 e. The van der Waals surface area contributed by atoms with Crippen LogP contribution in [0.5, 0.6) is 5.75 Å². The van der Waals surface area contributed by atoms with Gasteiger partial charge in [0.05, 0.1) is 24.2 Å². The summed E-state index contributed by atoms with van der Waals surface area (Å²) in [5.41, 5.74) is 2.96. The van der Waals surface area contributed by atoms with Crippen LogP contribution in [0.15, 0.2) is 78.3 Å². The van der Waals surface area contributed by atoms with Crippen molar-refractivity contribution < 1.29 is 13.2 Å². The van der Waals surface area contributed by atoms with E-state index < -0.39 is 16.1 Å². The molecule has 0 radical (unpaired) electrons. The van der Waals surface area contributed by atoms with Crippen molar-refractivity contribution in [3.63, 3.8) is 0 Å². The van der Waals surface area contributed by atoms with Crippen LogP contribution in [-0.2, 0) is 10.0 Å². The van der Waals surface area contributed by atoms with Gasteiger partial charge in [-0.05, 0) is 80.1 Å². The monoisotopic (exact) mass is 528 g/mol. The van der Waals surface area contributed by atoms with Gasteiger partial charge in [-0.25, -0.2) is 13.1 Å². The number of benzene rings is 2. The first-order valence-corrected chi connectivity index (χ1v) is 14.5. The minimum atomic E-state index is -3.93. The van der Waals surface area contributed by atoms with Crippen molar-refractivity contribution in [2.45, 2.75) is 36.7 Å². The molecule has 3 aliphatic rings. The van der Waals surface area contributed by atoms with Crippen LogP contribution < -0.4 is 9.46 Å².